The summed E-state index contributed by atoms with van der Waals surface area (Å²) in [5.41, 5.74) is 0.672. The molecule has 0 bridgehead atoms. The van der Waals surface area contributed by atoms with Crippen LogP contribution in [0.2, 0.25) is 5.02 Å². The number of carbonyl (C=O) groups excluding carboxylic acids is 1. The molecule has 0 spiro atoms. The lowest BCUT2D eigenvalue weighted by Gasteiger charge is -2.15. The van der Waals surface area contributed by atoms with E-state index in [1.807, 2.05) is 6.92 Å². The van der Waals surface area contributed by atoms with Crippen molar-refractivity contribution in [3.8, 4) is 0 Å². The molecule has 0 saturated heterocycles. The Bertz CT molecular complexity index is 706. The summed E-state index contributed by atoms with van der Waals surface area (Å²) in [6.45, 7) is 4.07. The van der Waals surface area contributed by atoms with Crippen molar-refractivity contribution in [1.29, 1.82) is 0 Å². The molecular weight excluding hydrogens is 356 g/mol. The van der Waals surface area contributed by atoms with Gasteiger partial charge in [-0.2, -0.15) is 4.72 Å². The summed E-state index contributed by atoms with van der Waals surface area (Å²) in [6, 6.07) is 3.02. The third-order valence-corrected chi connectivity index (χ3v) is 5.16. The van der Waals surface area contributed by atoms with E-state index in [-0.39, 0.29) is 28.7 Å². The maximum Gasteiger partial charge on any atom is 0.321 e. The van der Waals surface area contributed by atoms with Crippen molar-refractivity contribution in [1.82, 2.24) is 10.0 Å². The second-order valence-electron chi connectivity index (χ2n) is 5.33. The van der Waals surface area contributed by atoms with E-state index in [4.69, 9.17) is 11.6 Å². The number of carboxylic acids is 1. The van der Waals surface area contributed by atoms with Gasteiger partial charge in [-0.3, -0.25) is 9.59 Å². The lowest BCUT2D eigenvalue weighted by molar-refractivity contribution is -0.139. The van der Waals surface area contributed by atoms with Crippen LogP contribution in [0.1, 0.15) is 31.7 Å². The predicted molar refractivity (Wildman–Crippen MR) is 90.5 cm³/mol. The number of aryl methyl sites for hydroxylation is 1. The Balaban J connectivity index is 2.85. The zero-order chi connectivity index (χ0) is 18.3. The normalized spacial score (nSPS) is 12.6. The van der Waals surface area contributed by atoms with Crippen LogP contribution in [0.25, 0.3) is 0 Å². The van der Waals surface area contributed by atoms with Gasteiger partial charge in [0, 0.05) is 13.0 Å². The summed E-state index contributed by atoms with van der Waals surface area (Å²) in [5.74, 6) is -1.68. The van der Waals surface area contributed by atoms with Crippen molar-refractivity contribution in [2.24, 2.45) is 0 Å². The Labute approximate surface area is 146 Å². The average molecular weight is 377 g/mol. The number of carboxylic acid groups (broad SMARTS) is 1. The van der Waals surface area contributed by atoms with Gasteiger partial charge in [0.25, 0.3) is 0 Å². The van der Waals surface area contributed by atoms with Gasteiger partial charge < -0.3 is 10.4 Å². The molecule has 3 N–H and O–H groups in total. The zero-order valence-electron chi connectivity index (χ0n) is 13.5. The van der Waals surface area contributed by atoms with Crippen molar-refractivity contribution < 1.29 is 23.1 Å². The second-order valence-corrected chi connectivity index (χ2v) is 7.42. The van der Waals surface area contributed by atoms with Crippen molar-refractivity contribution in [2.75, 3.05) is 6.54 Å². The van der Waals surface area contributed by atoms with Crippen LogP contribution in [0.5, 0.6) is 0 Å². The quantitative estimate of drug-likeness (QED) is 0.607. The molecule has 1 unspecified atom stereocenters. The highest BCUT2D eigenvalue weighted by Gasteiger charge is 2.27. The molecule has 134 valence electrons. The molecule has 1 aromatic carbocycles. The number of hydrogen-bond acceptors (Lipinski definition) is 4. The highest BCUT2D eigenvalue weighted by molar-refractivity contribution is 7.89. The third kappa shape index (κ3) is 6.10. The van der Waals surface area contributed by atoms with Gasteiger partial charge in [0.2, 0.25) is 15.9 Å². The minimum Gasteiger partial charge on any atom is -0.480 e. The number of carbonyl (C=O) groups is 2. The molecule has 0 saturated carbocycles. The summed E-state index contributed by atoms with van der Waals surface area (Å²) in [6.07, 6.45) is 0.501. The molecule has 7 nitrogen and oxygen atoms in total. The average Bonchev–Trinajstić information content (AvgIpc) is 2.51. The van der Waals surface area contributed by atoms with Gasteiger partial charge in [0.15, 0.2) is 0 Å². The van der Waals surface area contributed by atoms with E-state index >= 15 is 0 Å². The molecule has 24 heavy (non-hydrogen) atoms. The maximum absolute atomic E-state index is 12.4. The smallest absolute Gasteiger partial charge is 0.321 e. The van der Waals surface area contributed by atoms with Gasteiger partial charge in [-0.15, -0.1) is 0 Å². The molecule has 0 aliphatic carbocycles. The van der Waals surface area contributed by atoms with E-state index < -0.39 is 22.0 Å². The highest BCUT2D eigenvalue weighted by atomic mass is 35.5. The van der Waals surface area contributed by atoms with Gasteiger partial charge in [-0.05, 0) is 37.5 Å². The molecule has 1 rings (SSSR count). The first-order valence-corrected chi connectivity index (χ1v) is 9.31. The number of rotatable bonds is 9. The number of amides is 1. The van der Waals surface area contributed by atoms with Crippen molar-refractivity contribution in [3.63, 3.8) is 0 Å². The Kier molecular flexibility index (Phi) is 7.65. The topological polar surface area (TPSA) is 113 Å². The van der Waals surface area contributed by atoms with Crippen LogP contribution in [0, 0.1) is 6.92 Å². The van der Waals surface area contributed by atoms with Crippen molar-refractivity contribution in [3.05, 3.63) is 28.8 Å². The SMILES string of the molecule is CCCNC(=O)CCC(NS(=O)(=O)c1cc(C)ccc1Cl)C(=O)O. The highest BCUT2D eigenvalue weighted by Crippen LogP contribution is 2.22. The van der Waals surface area contributed by atoms with Gasteiger partial charge in [-0.1, -0.05) is 24.6 Å². The summed E-state index contributed by atoms with van der Waals surface area (Å²) >= 11 is 5.90. The van der Waals surface area contributed by atoms with Crippen LogP contribution in [0.15, 0.2) is 23.1 Å². The van der Waals surface area contributed by atoms with E-state index in [2.05, 4.69) is 10.0 Å². The minimum absolute atomic E-state index is 0.00192. The summed E-state index contributed by atoms with van der Waals surface area (Å²) in [4.78, 5) is 22.7. The minimum atomic E-state index is -4.12. The third-order valence-electron chi connectivity index (χ3n) is 3.20. The van der Waals surface area contributed by atoms with Crippen LogP contribution in [0.3, 0.4) is 0 Å². The molecule has 9 heteroatoms. The van der Waals surface area contributed by atoms with Gasteiger partial charge >= 0.3 is 5.97 Å². The predicted octanol–water partition coefficient (Wildman–Crippen LogP) is 1.69. The first kappa shape index (κ1) is 20.4. The molecule has 1 atom stereocenters. The Hall–Kier alpha value is -1.64. The van der Waals surface area contributed by atoms with Crippen LogP contribution in [-0.4, -0.2) is 38.0 Å². The molecule has 1 aromatic rings. The fourth-order valence-electron chi connectivity index (χ4n) is 1.93. The molecule has 0 aliphatic heterocycles. The first-order valence-electron chi connectivity index (χ1n) is 7.45. The molecular formula is C15H21ClN2O5S. The fourth-order valence-corrected chi connectivity index (χ4v) is 3.74. The van der Waals surface area contributed by atoms with Crippen molar-refractivity contribution >= 4 is 33.5 Å². The maximum atomic E-state index is 12.4. The number of aliphatic carboxylic acids is 1. The van der Waals surface area contributed by atoms with Gasteiger partial charge in [-0.25, -0.2) is 8.42 Å². The van der Waals surface area contributed by atoms with Gasteiger partial charge in [0.1, 0.15) is 10.9 Å². The largest absolute Gasteiger partial charge is 0.480 e. The van der Waals surface area contributed by atoms with Crippen molar-refractivity contribution in [2.45, 2.75) is 44.0 Å². The number of sulfonamides is 1. The summed E-state index contributed by atoms with van der Waals surface area (Å²) in [5, 5.41) is 11.8. The number of halogens is 1. The number of nitrogens with one attached hydrogen (secondary N) is 2. The summed E-state index contributed by atoms with van der Waals surface area (Å²) in [7, 11) is -4.12. The van der Waals surface area contributed by atoms with E-state index in [9.17, 15) is 23.1 Å². The lowest BCUT2D eigenvalue weighted by atomic mass is 10.1. The molecule has 0 fully saturated rings. The monoisotopic (exact) mass is 376 g/mol. The zero-order valence-corrected chi connectivity index (χ0v) is 15.1. The number of hydrogen-bond donors (Lipinski definition) is 3. The Morgan fingerprint density at radius 1 is 1.33 bits per heavy atom. The molecule has 0 radical (unpaired) electrons. The molecule has 0 aromatic heterocycles. The fraction of sp³-hybridized carbons (Fsp3) is 0.467. The second kappa shape index (κ2) is 9.00. The molecule has 0 aliphatic rings. The lowest BCUT2D eigenvalue weighted by Crippen LogP contribution is -2.41. The Morgan fingerprint density at radius 3 is 2.58 bits per heavy atom. The summed E-state index contributed by atoms with van der Waals surface area (Å²) < 4.78 is 26.9. The molecule has 0 heterocycles. The van der Waals surface area contributed by atoms with E-state index in [1.54, 1.807) is 13.0 Å². The Morgan fingerprint density at radius 2 is 2.00 bits per heavy atom. The molecule has 1 amide bonds. The van der Waals surface area contributed by atoms with E-state index in [0.29, 0.717) is 12.1 Å². The van der Waals surface area contributed by atoms with E-state index in [0.717, 1.165) is 6.42 Å². The standard InChI is InChI=1S/C15H21ClN2O5S/c1-3-8-17-14(19)7-6-12(15(20)21)18-24(22,23)13-9-10(2)4-5-11(13)16/h4-5,9,12,18H,3,6-8H2,1-2H3,(H,17,19)(H,20,21). The van der Waals surface area contributed by atoms with Crippen LogP contribution in [0.4, 0.5) is 0 Å². The van der Waals surface area contributed by atoms with Gasteiger partial charge in [0.05, 0.1) is 5.02 Å². The van der Waals surface area contributed by atoms with Crippen LogP contribution in [-0.2, 0) is 19.6 Å². The first-order chi connectivity index (χ1) is 11.2. The van der Waals surface area contributed by atoms with Crippen LogP contribution >= 0.6 is 11.6 Å². The van der Waals surface area contributed by atoms with E-state index in [1.165, 1.54) is 12.1 Å². The van der Waals surface area contributed by atoms with Crippen LogP contribution < -0.4 is 10.0 Å². The number of benzene rings is 1.